The summed E-state index contributed by atoms with van der Waals surface area (Å²) in [5.41, 5.74) is -0.466. The maximum atomic E-state index is 11.3. The van der Waals surface area contributed by atoms with Gasteiger partial charge in [-0.05, 0) is 43.6 Å². The highest BCUT2D eigenvalue weighted by atomic mass is 16.7. The van der Waals surface area contributed by atoms with Crippen LogP contribution >= 0.6 is 0 Å². The van der Waals surface area contributed by atoms with Crippen LogP contribution in [-0.4, -0.2) is 41.9 Å². The Hall–Kier alpha value is -0.420. The highest BCUT2D eigenvalue weighted by molar-refractivity contribution is 5.17. The molecule has 0 saturated heterocycles. The molecule has 0 bridgehead atoms. The van der Waals surface area contributed by atoms with E-state index in [4.69, 9.17) is 9.47 Å². The molecule has 116 valence electrons. The first-order valence-electron chi connectivity index (χ1n) is 7.51. The van der Waals surface area contributed by atoms with E-state index in [0.717, 1.165) is 24.8 Å². The Morgan fingerprint density at radius 1 is 1.45 bits per heavy atom. The van der Waals surface area contributed by atoms with Crippen molar-refractivity contribution < 1.29 is 19.7 Å². The molecule has 2 rings (SSSR count). The third-order valence-corrected chi connectivity index (χ3v) is 5.39. The highest BCUT2D eigenvalue weighted by Gasteiger charge is 2.57. The molecule has 3 unspecified atom stereocenters. The molecule has 0 aromatic carbocycles. The minimum absolute atomic E-state index is 0.0469. The second-order valence-corrected chi connectivity index (χ2v) is 6.95. The van der Waals surface area contributed by atoms with Crippen molar-refractivity contribution in [3.8, 4) is 0 Å². The molecule has 0 aliphatic heterocycles. The minimum Gasteiger partial charge on any atom is -0.389 e. The lowest BCUT2D eigenvalue weighted by Gasteiger charge is -2.54. The molecule has 2 aliphatic rings. The summed E-state index contributed by atoms with van der Waals surface area (Å²) in [5, 5.41) is 21.4. The number of methoxy groups -OCH3 is 1. The summed E-state index contributed by atoms with van der Waals surface area (Å²) in [6.07, 6.45) is 2.94. The predicted octanol–water partition coefficient (Wildman–Crippen LogP) is 2.24. The first-order valence-corrected chi connectivity index (χ1v) is 7.51. The van der Waals surface area contributed by atoms with Crippen molar-refractivity contribution in [2.24, 2.45) is 11.3 Å². The molecular formula is C16H28O4. The molecule has 0 spiro atoms. The average Bonchev–Trinajstić information content (AvgIpc) is 2.45. The van der Waals surface area contributed by atoms with Gasteiger partial charge in [-0.25, -0.2) is 0 Å². The van der Waals surface area contributed by atoms with Crippen LogP contribution in [0, 0.1) is 11.3 Å². The zero-order valence-electron chi connectivity index (χ0n) is 12.9. The molecule has 2 N–H and O–H groups in total. The van der Waals surface area contributed by atoms with Gasteiger partial charge in [-0.3, -0.25) is 0 Å². The molecule has 20 heavy (non-hydrogen) atoms. The van der Waals surface area contributed by atoms with Gasteiger partial charge in [0.1, 0.15) is 6.79 Å². The van der Waals surface area contributed by atoms with Gasteiger partial charge in [0.05, 0.1) is 17.8 Å². The SMILES string of the molecule is C=C1CC2(O)CC(C)CC(OCOC)[C@]2(C)CC[C@H]1O. The Bertz CT molecular complexity index is 369. The molecule has 0 heterocycles. The van der Waals surface area contributed by atoms with Crippen LogP contribution in [-0.2, 0) is 9.47 Å². The Kier molecular flexibility index (Phi) is 4.59. The Morgan fingerprint density at radius 3 is 2.80 bits per heavy atom. The second-order valence-electron chi connectivity index (χ2n) is 6.95. The van der Waals surface area contributed by atoms with Crippen molar-refractivity contribution in [3.05, 3.63) is 12.2 Å². The van der Waals surface area contributed by atoms with Crippen molar-refractivity contribution in [2.75, 3.05) is 13.9 Å². The molecule has 5 atom stereocenters. The largest absolute Gasteiger partial charge is 0.389 e. The van der Waals surface area contributed by atoms with E-state index in [0.29, 0.717) is 18.8 Å². The van der Waals surface area contributed by atoms with Crippen LogP contribution in [0.25, 0.3) is 0 Å². The summed E-state index contributed by atoms with van der Waals surface area (Å²) >= 11 is 0. The van der Waals surface area contributed by atoms with Crippen LogP contribution in [0.1, 0.15) is 46.0 Å². The van der Waals surface area contributed by atoms with E-state index in [1.807, 2.05) is 0 Å². The molecule has 2 saturated carbocycles. The van der Waals surface area contributed by atoms with E-state index in [-0.39, 0.29) is 18.3 Å². The fourth-order valence-electron chi connectivity index (χ4n) is 4.02. The lowest BCUT2D eigenvalue weighted by molar-refractivity contribution is -0.215. The van der Waals surface area contributed by atoms with Crippen LogP contribution in [0.15, 0.2) is 12.2 Å². The molecule has 2 fully saturated rings. The molecule has 4 heteroatoms. The normalized spacial score (nSPS) is 45.9. The first kappa shape index (κ1) is 16.0. The van der Waals surface area contributed by atoms with E-state index < -0.39 is 11.7 Å². The van der Waals surface area contributed by atoms with Crippen LogP contribution in [0.4, 0.5) is 0 Å². The monoisotopic (exact) mass is 284 g/mol. The lowest BCUT2D eigenvalue weighted by Crippen LogP contribution is -2.58. The fourth-order valence-corrected chi connectivity index (χ4v) is 4.02. The predicted molar refractivity (Wildman–Crippen MR) is 77.2 cm³/mol. The molecule has 4 nitrogen and oxygen atoms in total. The van der Waals surface area contributed by atoms with Gasteiger partial charge in [0.25, 0.3) is 0 Å². The van der Waals surface area contributed by atoms with E-state index in [9.17, 15) is 10.2 Å². The quantitative estimate of drug-likeness (QED) is 0.616. The number of ether oxygens (including phenoxy) is 2. The number of hydrogen-bond donors (Lipinski definition) is 2. The maximum Gasteiger partial charge on any atom is 0.146 e. The number of fused-ring (bicyclic) bond motifs is 1. The second kappa shape index (κ2) is 5.76. The molecule has 0 aromatic rings. The summed E-state index contributed by atoms with van der Waals surface area (Å²) in [7, 11) is 1.61. The van der Waals surface area contributed by atoms with Gasteiger partial charge in [-0.15, -0.1) is 0 Å². The summed E-state index contributed by atoms with van der Waals surface area (Å²) in [6.45, 7) is 8.43. The minimum atomic E-state index is -0.850. The third-order valence-electron chi connectivity index (χ3n) is 5.39. The third kappa shape index (κ3) is 2.67. The number of hydrogen-bond acceptors (Lipinski definition) is 4. The zero-order chi connectivity index (χ0) is 15.0. The number of aliphatic hydroxyl groups is 2. The fraction of sp³-hybridized carbons (Fsp3) is 0.875. The molecule has 2 aliphatic carbocycles. The van der Waals surface area contributed by atoms with Crippen molar-refractivity contribution in [1.82, 2.24) is 0 Å². The van der Waals surface area contributed by atoms with Gasteiger partial charge in [0, 0.05) is 12.5 Å². The average molecular weight is 284 g/mol. The highest BCUT2D eigenvalue weighted by Crippen LogP contribution is 2.55. The smallest absolute Gasteiger partial charge is 0.146 e. The van der Waals surface area contributed by atoms with Crippen molar-refractivity contribution in [2.45, 2.75) is 63.8 Å². The van der Waals surface area contributed by atoms with Gasteiger partial charge >= 0.3 is 0 Å². The van der Waals surface area contributed by atoms with Gasteiger partial charge in [0.15, 0.2) is 0 Å². The van der Waals surface area contributed by atoms with E-state index in [2.05, 4.69) is 20.4 Å². The first-order chi connectivity index (χ1) is 9.32. The van der Waals surface area contributed by atoms with Crippen molar-refractivity contribution in [1.29, 1.82) is 0 Å². The Morgan fingerprint density at radius 2 is 2.15 bits per heavy atom. The lowest BCUT2D eigenvalue weighted by atomic mass is 9.57. The van der Waals surface area contributed by atoms with Gasteiger partial charge in [-0.1, -0.05) is 20.4 Å². The topological polar surface area (TPSA) is 58.9 Å². The van der Waals surface area contributed by atoms with Crippen LogP contribution in [0.2, 0.25) is 0 Å². The van der Waals surface area contributed by atoms with E-state index in [1.165, 1.54) is 0 Å². The van der Waals surface area contributed by atoms with E-state index in [1.54, 1.807) is 7.11 Å². The molecular weight excluding hydrogens is 256 g/mol. The zero-order valence-corrected chi connectivity index (χ0v) is 12.9. The standard InChI is InChI=1S/C16H28O4/c1-11-7-14(20-10-19-4)15(3)6-5-13(17)12(2)9-16(15,18)8-11/h11,13-14,17-18H,2,5-10H2,1,3-4H3/t11?,13-,14?,15+,16?/m1/s1. The van der Waals surface area contributed by atoms with Crippen LogP contribution in [0.3, 0.4) is 0 Å². The summed E-state index contributed by atoms with van der Waals surface area (Å²) in [6, 6.07) is 0. The Labute approximate surface area is 121 Å². The summed E-state index contributed by atoms with van der Waals surface area (Å²) < 4.78 is 10.9. The van der Waals surface area contributed by atoms with Crippen molar-refractivity contribution in [3.63, 3.8) is 0 Å². The number of aliphatic hydroxyl groups excluding tert-OH is 1. The van der Waals surface area contributed by atoms with Gasteiger partial charge < -0.3 is 19.7 Å². The van der Waals surface area contributed by atoms with E-state index >= 15 is 0 Å². The van der Waals surface area contributed by atoms with Crippen molar-refractivity contribution >= 4 is 0 Å². The number of rotatable bonds is 3. The van der Waals surface area contributed by atoms with Crippen LogP contribution < -0.4 is 0 Å². The molecule has 0 radical (unpaired) electrons. The van der Waals surface area contributed by atoms with Crippen LogP contribution in [0.5, 0.6) is 0 Å². The van der Waals surface area contributed by atoms with Gasteiger partial charge in [-0.2, -0.15) is 0 Å². The van der Waals surface area contributed by atoms with Gasteiger partial charge in [0.2, 0.25) is 0 Å². The maximum absolute atomic E-state index is 11.3. The summed E-state index contributed by atoms with van der Waals surface area (Å²) in [5.74, 6) is 0.387. The molecule has 0 amide bonds. The molecule has 0 aromatic heterocycles. The Balaban J connectivity index is 2.31. The summed E-state index contributed by atoms with van der Waals surface area (Å²) in [4.78, 5) is 0.